The molecule has 40 heavy (non-hydrogen) atoms. The lowest BCUT2D eigenvalue weighted by atomic mass is 10.1. The van der Waals surface area contributed by atoms with E-state index in [9.17, 15) is 5.26 Å². The minimum atomic E-state index is 0.447. The second kappa shape index (κ2) is 11.9. The number of aryl methyl sites for hydroxylation is 1. The lowest BCUT2D eigenvalue weighted by molar-refractivity contribution is 0.00422. The molecule has 0 amide bonds. The van der Waals surface area contributed by atoms with Crippen LogP contribution in [0.5, 0.6) is 5.75 Å². The van der Waals surface area contributed by atoms with E-state index in [0.29, 0.717) is 36.2 Å². The van der Waals surface area contributed by atoms with Crippen LogP contribution >= 0.6 is 23.4 Å². The smallest absolute Gasteiger partial charge is 0.172 e. The van der Waals surface area contributed by atoms with Gasteiger partial charge in [-0.1, -0.05) is 23.4 Å². The number of nitriles is 1. The SMILES string of the molecule is Cn1ccnc1Sc1ccc(Nc2c(C#N)cnc3cc(N4CCCC4)c(OCN4CCOCC4)cc23)cc1Cl. The molecule has 2 saturated heterocycles. The number of nitrogens with one attached hydrogen (secondary N) is 1. The zero-order chi connectivity index (χ0) is 27.5. The van der Waals surface area contributed by atoms with Crippen LogP contribution in [0.25, 0.3) is 10.9 Å². The highest BCUT2D eigenvalue weighted by atomic mass is 35.5. The van der Waals surface area contributed by atoms with Crippen molar-refractivity contribution in [3.63, 3.8) is 0 Å². The number of aromatic nitrogens is 3. The van der Waals surface area contributed by atoms with Crippen LogP contribution in [0, 0.1) is 11.3 Å². The first kappa shape index (κ1) is 26.7. The maximum absolute atomic E-state index is 9.97. The Morgan fingerprint density at radius 1 is 1.12 bits per heavy atom. The van der Waals surface area contributed by atoms with E-state index in [4.69, 9.17) is 21.1 Å². The summed E-state index contributed by atoms with van der Waals surface area (Å²) < 4.78 is 13.9. The van der Waals surface area contributed by atoms with Crippen molar-refractivity contribution in [2.75, 3.05) is 56.3 Å². The molecule has 0 unspecified atom stereocenters. The molecule has 206 valence electrons. The Hall–Kier alpha value is -3.49. The molecule has 6 rings (SSSR count). The van der Waals surface area contributed by atoms with E-state index >= 15 is 0 Å². The molecule has 2 aliphatic rings. The van der Waals surface area contributed by atoms with Crippen molar-refractivity contribution in [1.29, 1.82) is 5.26 Å². The van der Waals surface area contributed by atoms with E-state index in [1.807, 2.05) is 42.1 Å². The Labute approximate surface area is 242 Å². The van der Waals surface area contributed by atoms with E-state index in [-0.39, 0.29) is 0 Å². The molecule has 11 heteroatoms. The first-order chi connectivity index (χ1) is 19.6. The van der Waals surface area contributed by atoms with Gasteiger partial charge in [-0.3, -0.25) is 9.88 Å². The largest absolute Gasteiger partial charge is 0.476 e. The highest BCUT2D eigenvalue weighted by molar-refractivity contribution is 7.99. The van der Waals surface area contributed by atoms with E-state index in [2.05, 4.69) is 37.2 Å². The highest BCUT2D eigenvalue weighted by Crippen LogP contribution is 2.40. The number of halogens is 1. The molecule has 2 aromatic heterocycles. The third kappa shape index (κ3) is 5.69. The van der Waals surface area contributed by atoms with E-state index in [0.717, 1.165) is 77.1 Å². The van der Waals surface area contributed by atoms with Crippen molar-refractivity contribution in [1.82, 2.24) is 19.4 Å². The predicted octanol–water partition coefficient (Wildman–Crippen LogP) is 5.66. The molecule has 0 aliphatic carbocycles. The standard InChI is InChI=1S/C29H30ClN7O2S/c1-35-9-6-32-29(35)40-27-5-4-21(14-23(27)30)34-28-20(17-31)18-33-24-16-25(37-7-2-3-8-37)26(15-22(24)28)39-19-36-10-12-38-13-11-36/h4-6,9,14-16,18H,2-3,7-8,10-13,19H2,1H3,(H,33,34). The van der Waals surface area contributed by atoms with E-state index < -0.39 is 0 Å². The minimum Gasteiger partial charge on any atom is -0.476 e. The fraction of sp³-hybridized carbons (Fsp3) is 0.345. The predicted molar refractivity (Wildman–Crippen MR) is 158 cm³/mol. The van der Waals surface area contributed by atoms with Crippen molar-refractivity contribution in [2.24, 2.45) is 7.05 Å². The molecule has 0 radical (unpaired) electrons. The summed E-state index contributed by atoms with van der Waals surface area (Å²) in [5.74, 6) is 0.792. The molecule has 1 N–H and O–H groups in total. The van der Waals surface area contributed by atoms with E-state index in [1.54, 1.807) is 12.4 Å². The van der Waals surface area contributed by atoms with Crippen LogP contribution in [0.15, 0.2) is 59.0 Å². The number of nitrogens with zero attached hydrogens (tertiary/aromatic N) is 6. The normalized spacial score (nSPS) is 15.9. The Bertz CT molecular complexity index is 1560. The molecule has 4 heterocycles. The van der Waals surface area contributed by atoms with Crippen molar-refractivity contribution < 1.29 is 9.47 Å². The summed E-state index contributed by atoms with van der Waals surface area (Å²) >= 11 is 8.18. The number of hydrogen-bond donors (Lipinski definition) is 1. The summed E-state index contributed by atoms with van der Waals surface area (Å²) in [6.07, 6.45) is 7.60. The second-order valence-electron chi connectivity index (χ2n) is 9.89. The lowest BCUT2D eigenvalue weighted by Gasteiger charge is -2.28. The highest BCUT2D eigenvalue weighted by Gasteiger charge is 2.21. The first-order valence-corrected chi connectivity index (χ1v) is 14.5. The van der Waals surface area contributed by atoms with E-state index in [1.165, 1.54) is 11.8 Å². The number of hydrogen-bond acceptors (Lipinski definition) is 9. The van der Waals surface area contributed by atoms with Crippen molar-refractivity contribution >= 4 is 51.3 Å². The number of rotatable bonds is 8. The molecule has 0 spiro atoms. The van der Waals surface area contributed by atoms with Crippen molar-refractivity contribution in [3.05, 3.63) is 59.5 Å². The Morgan fingerprint density at radius 2 is 1.95 bits per heavy atom. The van der Waals surface area contributed by atoms with Gasteiger partial charge in [0.1, 0.15) is 18.5 Å². The van der Waals surface area contributed by atoms with Gasteiger partial charge in [0, 0.05) is 67.8 Å². The van der Waals surface area contributed by atoms with Gasteiger partial charge in [0.2, 0.25) is 0 Å². The van der Waals surface area contributed by atoms with Gasteiger partial charge in [0.25, 0.3) is 0 Å². The zero-order valence-electron chi connectivity index (χ0n) is 22.3. The molecule has 9 nitrogen and oxygen atoms in total. The van der Waals surface area contributed by atoms with Crippen molar-refractivity contribution in [2.45, 2.75) is 22.9 Å². The second-order valence-corrected chi connectivity index (χ2v) is 11.3. The summed E-state index contributed by atoms with van der Waals surface area (Å²) in [5.41, 5.74) is 3.74. The molecular formula is C29H30ClN7O2S. The zero-order valence-corrected chi connectivity index (χ0v) is 23.8. The summed E-state index contributed by atoms with van der Waals surface area (Å²) in [6.45, 7) is 5.57. The topological polar surface area (TPSA) is 91.5 Å². The molecule has 2 aromatic carbocycles. The Morgan fingerprint density at radius 3 is 2.67 bits per heavy atom. The van der Waals surface area contributed by atoms with Crippen LogP contribution in [0.2, 0.25) is 5.02 Å². The van der Waals surface area contributed by atoms with Gasteiger partial charge in [-0.05, 0) is 43.2 Å². The third-order valence-electron chi connectivity index (χ3n) is 7.20. The van der Waals surface area contributed by atoms with Gasteiger partial charge in [0.15, 0.2) is 5.16 Å². The minimum absolute atomic E-state index is 0.447. The fourth-order valence-corrected chi connectivity index (χ4v) is 6.10. The maximum atomic E-state index is 9.97. The lowest BCUT2D eigenvalue weighted by Crippen LogP contribution is -2.38. The number of fused-ring (bicyclic) bond motifs is 1. The van der Waals surface area contributed by atoms with Crippen LogP contribution < -0.4 is 15.0 Å². The quantitative estimate of drug-likeness (QED) is 0.286. The number of imidazole rings is 1. The Kier molecular flexibility index (Phi) is 7.98. The van der Waals surface area contributed by atoms with Crippen LogP contribution in [0.1, 0.15) is 18.4 Å². The Balaban J connectivity index is 1.34. The monoisotopic (exact) mass is 575 g/mol. The summed E-state index contributed by atoms with van der Waals surface area (Å²) in [7, 11) is 1.95. The van der Waals surface area contributed by atoms with Crippen LogP contribution in [-0.4, -0.2) is 65.6 Å². The number of ether oxygens (including phenoxy) is 2. The molecule has 0 saturated carbocycles. The fourth-order valence-electron chi connectivity index (χ4n) is 4.99. The molecule has 2 fully saturated rings. The summed E-state index contributed by atoms with van der Waals surface area (Å²) in [5, 5.41) is 15.7. The molecule has 4 aromatic rings. The number of pyridine rings is 1. The van der Waals surface area contributed by atoms with Crippen LogP contribution in [0.3, 0.4) is 0 Å². The average Bonchev–Trinajstić information content (AvgIpc) is 3.66. The van der Waals surface area contributed by atoms with Gasteiger partial charge < -0.3 is 24.3 Å². The number of anilines is 3. The van der Waals surface area contributed by atoms with Crippen LogP contribution in [-0.2, 0) is 11.8 Å². The molecule has 0 bridgehead atoms. The summed E-state index contributed by atoms with van der Waals surface area (Å²) in [4.78, 5) is 14.5. The molecule has 2 aliphatic heterocycles. The van der Waals surface area contributed by atoms with Crippen LogP contribution in [0.4, 0.5) is 17.1 Å². The molecular weight excluding hydrogens is 546 g/mol. The van der Waals surface area contributed by atoms with Crippen molar-refractivity contribution in [3.8, 4) is 11.8 Å². The van der Waals surface area contributed by atoms with Gasteiger partial charge in [0.05, 0.1) is 40.7 Å². The van der Waals surface area contributed by atoms with Gasteiger partial charge >= 0.3 is 0 Å². The molecule has 0 atom stereocenters. The van der Waals surface area contributed by atoms with Gasteiger partial charge in [-0.25, -0.2) is 4.98 Å². The number of morpholine rings is 1. The maximum Gasteiger partial charge on any atom is 0.172 e. The first-order valence-electron chi connectivity index (χ1n) is 13.4. The third-order valence-corrected chi connectivity index (χ3v) is 8.78. The van der Waals surface area contributed by atoms with Gasteiger partial charge in [-0.2, -0.15) is 5.26 Å². The summed E-state index contributed by atoms with van der Waals surface area (Å²) in [6, 6.07) is 12.2. The average molecular weight is 576 g/mol. The number of benzene rings is 2. The van der Waals surface area contributed by atoms with Gasteiger partial charge in [-0.15, -0.1) is 0 Å².